The van der Waals surface area contributed by atoms with Crippen LogP contribution in [-0.2, 0) is 0 Å². The maximum atomic E-state index is 8.56. The summed E-state index contributed by atoms with van der Waals surface area (Å²) in [6.07, 6.45) is 5.16. The molecule has 0 aromatic rings. The summed E-state index contributed by atoms with van der Waals surface area (Å²) in [5, 5.41) is 10.7. The molecule has 4 heteroatoms. The summed E-state index contributed by atoms with van der Waals surface area (Å²) in [4.78, 5) is 4.22. The fraction of sp³-hybridized carbons (Fsp3) is 0.625. The van der Waals surface area contributed by atoms with Crippen molar-refractivity contribution in [1.82, 2.24) is 9.80 Å². The molecule has 0 bridgehead atoms. The van der Waals surface area contributed by atoms with Crippen molar-refractivity contribution in [2.75, 3.05) is 13.6 Å². The van der Waals surface area contributed by atoms with Crippen LogP contribution in [-0.4, -0.2) is 28.9 Å². The molecule has 3 nitrogen and oxygen atoms in total. The van der Waals surface area contributed by atoms with E-state index >= 15 is 0 Å². The molecule has 0 saturated heterocycles. The molecule has 1 unspecified atom stereocenters. The first-order chi connectivity index (χ1) is 5.79. The van der Waals surface area contributed by atoms with Crippen molar-refractivity contribution in [3.05, 3.63) is 12.4 Å². The number of hydrogen-bond acceptors (Lipinski definition) is 4. The van der Waals surface area contributed by atoms with Crippen LogP contribution in [0.5, 0.6) is 0 Å². The fourth-order valence-electron chi connectivity index (χ4n) is 1.21. The molecule has 1 aliphatic heterocycles. The Morgan fingerprint density at radius 2 is 2.33 bits per heavy atom. The first-order valence-corrected chi connectivity index (χ1v) is 4.88. The van der Waals surface area contributed by atoms with Gasteiger partial charge in [-0.2, -0.15) is 5.26 Å². The quantitative estimate of drug-likeness (QED) is 0.622. The molecule has 1 atom stereocenters. The van der Waals surface area contributed by atoms with E-state index in [0.717, 1.165) is 13.0 Å². The summed E-state index contributed by atoms with van der Waals surface area (Å²) in [6.45, 7) is 3.15. The van der Waals surface area contributed by atoms with Crippen LogP contribution in [0.15, 0.2) is 12.4 Å². The Morgan fingerprint density at radius 1 is 1.58 bits per heavy atom. The Bertz CT molecular complexity index is 209. The van der Waals surface area contributed by atoms with E-state index in [-0.39, 0.29) is 5.50 Å². The molecule has 0 saturated carbocycles. The lowest BCUT2D eigenvalue weighted by Crippen LogP contribution is -2.33. The molecule has 0 aliphatic carbocycles. The van der Waals surface area contributed by atoms with Gasteiger partial charge in [0.15, 0.2) is 5.50 Å². The Hall–Kier alpha value is -0.820. The van der Waals surface area contributed by atoms with Crippen molar-refractivity contribution in [1.29, 1.82) is 5.26 Å². The van der Waals surface area contributed by atoms with Crippen LogP contribution in [0.2, 0.25) is 0 Å². The van der Waals surface area contributed by atoms with E-state index in [4.69, 9.17) is 5.26 Å². The van der Waals surface area contributed by atoms with Gasteiger partial charge in [0, 0.05) is 37.8 Å². The van der Waals surface area contributed by atoms with Gasteiger partial charge in [0.1, 0.15) is 5.40 Å². The summed E-state index contributed by atoms with van der Waals surface area (Å²) >= 11 is 1.29. The lowest BCUT2D eigenvalue weighted by molar-refractivity contribution is 0.264. The molecule has 1 aliphatic rings. The zero-order chi connectivity index (χ0) is 8.97. The Balaban J connectivity index is 2.51. The molecule has 1 rings (SSSR count). The van der Waals surface area contributed by atoms with Gasteiger partial charge in [-0.15, -0.1) is 0 Å². The second-order valence-corrected chi connectivity index (χ2v) is 3.58. The predicted octanol–water partition coefficient (Wildman–Crippen LogP) is 1.61. The maximum Gasteiger partial charge on any atom is 0.163 e. The van der Waals surface area contributed by atoms with Gasteiger partial charge in [0.05, 0.1) is 0 Å². The summed E-state index contributed by atoms with van der Waals surface area (Å²) in [6, 6.07) is 0. The molecule has 0 aromatic carbocycles. The largest absolute Gasteiger partial charge is 0.350 e. The van der Waals surface area contributed by atoms with E-state index in [1.807, 2.05) is 24.3 Å². The van der Waals surface area contributed by atoms with E-state index in [1.54, 1.807) is 0 Å². The number of nitrogens with zero attached hydrogens (tertiary/aromatic N) is 3. The summed E-state index contributed by atoms with van der Waals surface area (Å²) in [5.74, 6) is 0. The molecule has 0 spiro atoms. The molecule has 1 heterocycles. The predicted molar refractivity (Wildman–Crippen MR) is 50.9 cm³/mol. The molecular weight excluding hydrogens is 170 g/mol. The van der Waals surface area contributed by atoms with Crippen LogP contribution in [0.4, 0.5) is 0 Å². The second kappa shape index (κ2) is 4.27. The third kappa shape index (κ3) is 1.86. The SMILES string of the molecule is CCCN1C=CN(C)C1SC#N. The van der Waals surface area contributed by atoms with Gasteiger partial charge in [-0.05, 0) is 6.42 Å². The van der Waals surface area contributed by atoms with E-state index in [9.17, 15) is 0 Å². The zero-order valence-corrected chi connectivity index (χ0v) is 8.21. The minimum atomic E-state index is 0.176. The van der Waals surface area contributed by atoms with E-state index in [2.05, 4.69) is 17.2 Å². The minimum Gasteiger partial charge on any atom is -0.350 e. The van der Waals surface area contributed by atoms with Crippen molar-refractivity contribution in [2.24, 2.45) is 0 Å². The smallest absolute Gasteiger partial charge is 0.163 e. The lowest BCUT2D eigenvalue weighted by Gasteiger charge is -2.26. The molecular formula is C8H13N3S. The molecule has 0 radical (unpaired) electrons. The third-order valence-electron chi connectivity index (χ3n) is 1.77. The van der Waals surface area contributed by atoms with Gasteiger partial charge in [-0.3, -0.25) is 0 Å². The van der Waals surface area contributed by atoms with E-state index in [0.29, 0.717) is 0 Å². The fourth-order valence-corrected chi connectivity index (χ4v) is 1.86. The van der Waals surface area contributed by atoms with Crippen LogP contribution in [0.25, 0.3) is 0 Å². The molecule has 0 amide bonds. The maximum absolute atomic E-state index is 8.56. The molecule has 0 N–H and O–H groups in total. The highest BCUT2D eigenvalue weighted by molar-refractivity contribution is 8.04. The monoisotopic (exact) mass is 183 g/mol. The second-order valence-electron chi connectivity index (χ2n) is 2.74. The van der Waals surface area contributed by atoms with Crippen molar-refractivity contribution in [3.63, 3.8) is 0 Å². The average Bonchev–Trinajstić information content (AvgIpc) is 2.37. The Morgan fingerprint density at radius 3 is 2.92 bits per heavy atom. The van der Waals surface area contributed by atoms with E-state index in [1.165, 1.54) is 11.8 Å². The van der Waals surface area contributed by atoms with Crippen LogP contribution < -0.4 is 0 Å². The zero-order valence-electron chi connectivity index (χ0n) is 7.40. The van der Waals surface area contributed by atoms with Gasteiger partial charge in [0.25, 0.3) is 0 Å². The van der Waals surface area contributed by atoms with Crippen molar-refractivity contribution in [3.8, 4) is 5.40 Å². The molecule has 0 aromatic heterocycles. The number of hydrogen-bond donors (Lipinski definition) is 0. The lowest BCUT2D eigenvalue weighted by atomic mass is 10.4. The van der Waals surface area contributed by atoms with Crippen LogP contribution in [0.3, 0.4) is 0 Å². The highest BCUT2D eigenvalue weighted by Gasteiger charge is 2.22. The summed E-state index contributed by atoms with van der Waals surface area (Å²) in [5.41, 5.74) is 0.176. The standard InChI is InChI=1S/C8H13N3S/c1-3-4-11-6-5-10(2)8(11)12-7-9/h5-6,8H,3-4H2,1-2H3. The summed E-state index contributed by atoms with van der Waals surface area (Å²) in [7, 11) is 1.99. The van der Waals surface area contributed by atoms with Crippen LogP contribution >= 0.6 is 11.8 Å². The number of rotatable bonds is 3. The number of nitriles is 1. The van der Waals surface area contributed by atoms with Gasteiger partial charge >= 0.3 is 0 Å². The molecule has 0 fully saturated rings. The number of thiocyanates is 1. The highest BCUT2D eigenvalue weighted by atomic mass is 32.2. The molecule has 12 heavy (non-hydrogen) atoms. The minimum absolute atomic E-state index is 0.176. The normalized spacial score (nSPS) is 21.6. The Labute approximate surface area is 77.6 Å². The van der Waals surface area contributed by atoms with Crippen molar-refractivity contribution >= 4 is 11.8 Å². The molecule has 66 valence electrons. The van der Waals surface area contributed by atoms with Gasteiger partial charge in [0.2, 0.25) is 0 Å². The van der Waals surface area contributed by atoms with Crippen molar-refractivity contribution in [2.45, 2.75) is 18.8 Å². The van der Waals surface area contributed by atoms with Crippen LogP contribution in [0.1, 0.15) is 13.3 Å². The van der Waals surface area contributed by atoms with Gasteiger partial charge in [-0.1, -0.05) is 6.92 Å². The highest BCUT2D eigenvalue weighted by Crippen LogP contribution is 2.23. The van der Waals surface area contributed by atoms with Gasteiger partial charge in [-0.25, -0.2) is 0 Å². The first-order valence-electron chi connectivity index (χ1n) is 4.00. The Kier molecular flexibility index (Phi) is 3.30. The number of thioether (sulfide) groups is 1. The van der Waals surface area contributed by atoms with Crippen molar-refractivity contribution < 1.29 is 0 Å². The first kappa shape index (κ1) is 9.27. The average molecular weight is 183 g/mol. The van der Waals surface area contributed by atoms with E-state index < -0.39 is 0 Å². The third-order valence-corrected chi connectivity index (χ3v) is 2.68. The van der Waals surface area contributed by atoms with Gasteiger partial charge < -0.3 is 9.80 Å². The van der Waals surface area contributed by atoms with Crippen LogP contribution in [0, 0.1) is 10.7 Å². The topological polar surface area (TPSA) is 30.3 Å². The summed E-state index contributed by atoms with van der Waals surface area (Å²) < 4.78 is 0.